The number of hydrogen-bond donors (Lipinski definition) is 2. The zero-order valence-electron chi connectivity index (χ0n) is 24.3. The van der Waals surface area contributed by atoms with Crippen molar-refractivity contribution >= 4 is 17.9 Å². The van der Waals surface area contributed by atoms with Gasteiger partial charge in [0, 0.05) is 12.1 Å². The molecule has 0 aliphatic heterocycles. The third-order valence-electron chi connectivity index (χ3n) is 5.96. The highest BCUT2D eigenvalue weighted by Gasteiger charge is 2.39. The molecule has 0 aliphatic carbocycles. The number of nitrogens with one attached hydrogen (secondary N) is 2. The van der Waals surface area contributed by atoms with Crippen molar-refractivity contribution in [3.8, 4) is 0 Å². The summed E-state index contributed by atoms with van der Waals surface area (Å²) in [5.41, 5.74) is 2.01. The fourth-order valence-corrected chi connectivity index (χ4v) is 4.48. The van der Waals surface area contributed by atoms with Gasteiger partial charge >= 0.3 is 6.09 Å². The Balaban J connectivity index is 3.57. The van der Waals surface area contributed by atoms with Gasteiger partial charge in [-0.3, -0.25) is 9.59 Å². The molecule has 0 radical (unpaired) electrons. The molecule has 0 spiro atoms. The van der Waals surface area contributed by atoms with Crippen molar-refractivity contribution in [3.05, 3.63) is 34.9 Å². The molecule has 0 saturated heterocycles. The molecule has 0 heterocycles. The van der Waals surface area contributed by atoms with Crippen LogP contribution in [0.1, 0.15) is 104 Å². The summed E-state index contributed by atoms with van der Waals surface area (Å²) in [6.45, 7) is 21.1. The number of carbonyl (C=O) groups is 3. The van der Waals surface area contributed by atoms with Gasteiger partial charge in [-0.1, -0.05) is 45.4 Å². The molecular weight excluding hydrogens is 454 g/mol. The molecule has 1 aromatic rings. The Morgan fingerprint density at radius 2 is 1.53 bits per heavy atom. The Bertz CT molecular complexity index is 869. The predicted octanol–water partition coefficient (Wildman–Crippen LogP) is 5.83. The quantitative estimate of drug-likeness (QED) is 0.398. The minimum Gasteiger partial charge on any atom is -0.444 e. The molecule has 3 unspecified atom stereocenters. The number of carbonyl (C=O) groups excluding carboxylic acids is 3. The monoisotopic (exact) mass is 503 g/mol. The molecule has 3 atom stereocenters. The molecule has 0 aliphatic rings. The first-order chi connectivity index (χ1) is 16.6. The van der Waals surface area contributed by atoms with E-state index < -0.39 is 23.8 Å². The van der Waals surface area contributed by atoms with Gasteiger partial charge in [0.15, 0.2) is 0 Å². The van der Waals surface area contributed by atoms with E-state index >= 15 is 0 Å². The summed E-state index contributed by atoms with van der Waals surface area (Å²) in [4.78, 5) is 42.3. The van der Waals surface area contributed by atoms with Crippen LogP contribution < -0.4 is 10.6 Å². The van der Waals surface area contributed by atoms with Crippen LogP contribution in [0.5, 0.6) is 0 Å². The van der Waals surface area contributed by atoms with E-state index in [4.69, 9.17) is 4.74 Å². The Morgan fingerprint density at radius 3 is 1.97 bits per heavy atom. The first-order valence-corrected chi connectivity index (χ1v) is 13.3. The second-order valence-electron chi connectivity index (χ2n) is 11.6. The lowest BCUT2D eigenvalue weighted by molar-refractivity contribution is -0.145. The van der Waals surface area contributed by atoms with Gasteiger partial charge in [0.05, 0.1) is 0 Å². The van der Waals surface area contributed by atoms with E-state index in [1.165, 1.54) is 0 Å². The van der Waals surface area contributed by atoms with E-state index in [0.717, 1.165) is 29.5 Å². The number of ether oxygens (including phenoxy) is 1. The Hall–Kier alpha value is -2.57. The van der Waals surface area contributed by atoms with Gasteiger partial charge in [-0.15, -0.1) is 0 Å². The summed E-state index contributed by atoms with van der Waals surface area (Å²) in [7, 11) is 0. The topological polar surface area (TPSA) is 87.7 Å². The van der Waals surface area contributed by atoms with E-state index in [-0.39, 0.29) is 29.8 Å². The Labute approximate surface area is 218 Å². The number of aryl methyl sites for hydroxylation is 2. The third kappa shape index (κ3) is 9.47. The summed E-state index contributed by atoms with van der Waals surface area (Å²) >= 11 is 0. The fraction of sp³-hybridized carbons (Fsp3) is 0.690. The Morgan fingerprint density at radius 1 is 0.972 bits per heavy atom. The number of benzene rings is 1. The highest BCUT2D eigenvalue weighted by Crippen LogP contribution is 2.31. The van der Waals surface area contributed by atoms with Gasteiger partial charge in [0.25, 0.3) is 0 Å². The van der Waals surface area contributed by atoms with E-state index in [9.17, 15) is 14.4 Å². The molecule has 2 N–H and O–H groups in total. The van der Waals surface area contributed by atoms with Crippen LogP contribution in [0.25, 0.3) is 0 Å². The molecule has 7 nitrogen and oxygen atoms in total. The minimum atomic E-state index is -0.826. The van der Waals surface area contributed by atoms with Crippen LogP contribution in [0.15, 0.2) is 18.2 Å². The maximum absolute atomic E-state index is 14.2. The first kappa shape index (κ1) is 31.5. The van der Waals surface area contributed by atoms with Gasteiger partial charge in [0.1, 0.15) is 17.7 Å². The molecule has 36 heavy (non-hydrogen) atoms. The summed E-state index contributed by atoms with van der Waals surface area (Å²) in [5, 5.41) is 5.92. The molecule has 3 amide bonds. The summed E-state index contributed by atoms with van der Waals surface area (Å²) in [5.74, 6) is -0.369. The lowest BCUT2D eigenvalue weighted by atomic mass is 9.92. The van der Waals surface area contributed by atoms with Crippen molar-refractivity contribution in [1.29, 1.82) is 0 Å². The van der Waals surface area contributed by atoms with Crippen molar-refractivity contribution in [2.24, 2.45) is 5.92 Å². The zero-order valence-corrected chi connectivity index (χ0v) is 24.3. The molecule has 0 bridgehead atoms. The predicted molar refractivity (Wildman–Crippen MR) is 146 cm³/mol. The van der Waals surface area contributed by atoms with Crippen molar-refractivity contribution in [3.63, 3.8) is 0 Å². The Kier molecular flexibility index (Phi) is 11.9. The van der Waals surface area contributed by atoms with Crippen molar-refractivity contribution < 1.29 is 19.1 Å². The second kappa shape index (κ2) is 13.7. The van der Waals surface area contributed by atoms with Crippen LogP contribution in [0.3, 0.4) is 0 Å². The van der Waals surface area contributed by atoms with Gasteiger partial charge in [-0.05, 0) is 90.8 Å². The van der Waals surface area contributed by atoms with Crippen LogP contribution in [-0.2, 0) is 14.3 Å². The molecular formula is C29H49N3O4. The maximum Gasteiger partial charge on any atom is 0.408 e. The lowest BCUT2D eigenvalue weighted by Gasteiger charge is -2.39. The molecule has 1 rings (SSSR count). The van der Waals surface area contributed by atoms with Crippen LogP contribution >= 0.6 is 0 Å². The lowest BCUT2D eigenvalue weighted by Crippen LogP contribution is -2.56. The molecule has 0 aromatic heterocycles. The zero-order chi connectivity index (χ0) is 27.8. The average molecular weight is 504 g/mol. The number of alkyl carbamates (subject to hydrolysis) is 1. The van der Waals surface area contributed by atoms with Crippen LogP contribution in [0.2, 0.25) is 0 Å². The molecule has 0 saturated carbocycles. The molecule has 7 heteroatoms. The first-order valence-electron chi connectivity index (χ1n) is 13.3. The largest absolute Gasteiger partial charge is 0.444 e. The van der Waals surface area contributed by atoms with Gasteiger partial charge < -0.3 is 20.3 Å². The smallest absolute Gasteiger partial charge is 0.408 e. The number of nitrogens with zero attached hydrogens (tertiary/aromatic N) is 1. The van der Waals surface area contributed by atoms with Crippen LogP contribution in [0, 0.1) is 19.8 Å². The summed E-state index contributed by atoms with van der Waals surface area (Å²) in [6.07, 6.45) is 1.57. The normalized spacial score (nSPS) is 14.2. The number of amides is 3. The molecule has 204 valence electrons. The highest BCUT2D eigenvalue weighted by molar-refractivity contribution is 5.92. The van der Waals surface area contributed by atoms with E-state index in [2.05, 4.69) is 17.6 Å². The van der Waals surface area contributed by atoms with Crippen LogP contribution in [0.4, 0.5) is 4.79 Å². The van der Waals surface area contributed by atoms with Crippen molar-refractivity contribution in [2.75, 3.05) is 0 Å². The second-order valence-corrected chi connectivity index (χ2v) is 11.6. The number of rotatable bonds is 11. The summed E-state index contributed by atoms with van der Waals surface area (Å²) < 4.78 is 5.45. The molecule has 0 fully saturated rings. The third-order valence-corrected chi connectivity index (χ3v) is 5.96. The summed E-state index contributed by atoms with van der Waals surface area (Å²) in [6, 6.07) is 3.92. The maximum atomic E-state index is 14.2. The van der Waals surface area contributed by atoms with Crippen LogP contribution in [-0.4, -0.2) is 46.5 Å². The van der Waals surface area contributed by atoms with Gasteiger partial charge in [0.2, 0.25) is 11.8 Å². The van der Waals surface area contributed by atoms with Gasteiger partial charge in [-0.25, -0.2) is 4.79 Å². The minimum absolute atomic E-state index is 0.0233. The van der Waals surface area contributed by atoms with E-state index in [1.807, 2.05) is 66.7 Å². The van der Waals surface area contributed by atoms with Gasteiger partial charge in [-0.2, -0.15) is 0 Å². The standard InChI is InChI=1S/C29H49N3O4/c1-12-14-22(8)30-26(33)25(24-20(6)15-13-16-21(24)7)32(19(4)5)27(34)23(17-18(2)3)31-28(35)36-29(9,10)11/h13,15-16,18-19,22-23,25H,12,14,17H2,1-11H3,(H,30,33)(H,31,35). The van der Waals surface area contributed by atoms with Crippen molar-refractivity contribution in [2.45, 2.75) is 125 Å². The SMILES string of the molecule is CCCC(C)NC(=O)C(c1c(C)cccc1C)N(C(=O)C(CC(C)C)NC(=O)OC(C)(C)C)C(C)C. The van der Waals surface area contributed by atoms with Crippen molar-refractivity contribution in [1.82, 2.24) is 15.5 Å². The fourth-order valence-electron chi connectivity index (χ4n) is 4.48. The highest BCUT2D eigenvalue weighted by atomic mass is 16.6. The van der Waals surface area contributed by atoms with E-state index in [1.54, 1.807) is 25.7 Å². The van der Waals surface area contributed by atoms with E-state index in [0.29, 0.717) is 6.42 Å². The average Bonchev–Trinajstić information content (AvgIpc) is 2.70. The molecule has 1 aromatic carbocycles. The number of hydrogen-bond acceptors (Lipinski definition) is 4.